The molecule has 2 heterocycles. The van der Waals surface area contributed by atoms with Crippen LogP contribution in [0.15, 0.2) is 69.3 Å². The molecule has 0 aliphatic heterocycles. The number of non-ortho nitro benzene ring substituents is 1. The summed E-state index contributed by atoms with van der Waals surface area (Å²) < 4.78 is 3.04. The van der Waals surface area contributed by atoms with Gasteiger partial charge in [-0.25, -0.2) is 9.97 Å². The zero-order chi connectivity index (χ0) is 25.9. The number of thioether (sulfide) groups is 2. The van der Waals surface area contributed by atoms with E-state index in [4.69, 9.17) is 11.6 Å². The molecule has 0 atom stereocenters. The molecule has 5 rings (SSSR count). The van der Waals surface area contributed by atoms with Gasteiger partial charge in [-0.1, -0.05) is 35.1 Å². The number of thiazole rings is 2. The molecule has 8 nitrogen and oxygen atoms in total. The second-order valence-corrected chi connectivity index (χ2v) is 12.5. The zero-order valence-electron chi connectivity index (χ0n) is 18.7. The summed E-state index contributed by atoms with van der Waals surface area (Å²) in [6, 6.07) is 16.8. The first-order valence-electron chi connectivity index (χ1n) is 10.6. The molecule has 13 heteroatoms. The van der Waals surface area contributed by atoms with E-state index in [2.05, 4.69) is 15.3 Å². The zero-order valence-corrected chi connectivity index (χ0v) is 22.7. The van der Waals surface area contributed by atoms with E-state index in [0.717, 1.165) is 14.6 Å². The third kappa shape index (κ3) is 6.28. The average molecular weight is 587 g/mol. The largest absolute Gasteiger partial charge is 0.325 e. The van der Waals surface area contributed by atoms with Crippen LogP contribution in [-0.2, 0) is 4.79 Å². The van der Waals surface area contributed by atoms with Crippen LogP contribution in [0.4, 0.5) is 11.4 Å². The van der Waals surface area contributed by atoms with Crippen LogP contribution in [-0.4, -0.2) is 38.1 Å². The number of nitrogens with zero attached hydrogens (tertiary/aromatic N) is 3. The Balaban J connectivity index is 1.17. The van der Waals surface area contributed by atoms with Gasteiger partial charge in [0.15, 0.2) is 14.5 Å². The third-order valence-electron chi connectivity index (χ3n) is 5.04. The van der Waals surface area contributed by atoms with Crippen LogP contribution in [0, 0.1) is 10.1 Å². The Morgan fingerprint density at radius 3 is 2.19 bits per heavy atom. The predicted octanol–water partition coefficient (Wildman–Crippen LogP) is 7.17. The van der Waals surface area contributed by atoms with Crippen molar-refractivity contribution in [2.45, 2.75) is 8.68 Å². The summed E-state index contributed by atoms with van der Waals surface area (Å²) >= 11 is 11.3. The number of nitro groups is 1. The van der Waals surface area contributed by atoms with Crippen molar-refractivity contribution in [3.8, 4) is 0 Å². The lowest BCUT2D eigenvalue weighted by molar-refractivity contribution is -0.384. The predicted molar refractivity (Wildman–Crippen MR) is 152 cm³/mol. The number of halogens is 1. The van der Waals surface area contributed by atoms with Gasteiger partial charge in [-0.05, 0) is 48.5 Å². The number of fused-ring (bicyclic) bond motifs is 2. The molecule has 1 N–H and O–H groups in total. The number of nitro benzene ring substituents is 1. The number of hydrogen-bond acceptors (Lipinski definition) is 10. The highest BCUT2D eigenvalue weighted by atomic mass is 35.5. The molecule has 5 aromatic rings. The van der Waals surface area contributed by atoms with E-state index in [9.17, 15) is 19.7 Å². The van der Waals surface area contributed by atoms with Crippen molar-refractivity contribution in [2.24, 2.45) is 0 Å². The van der Waals surface area contributed by atoms with Gasteiger partial charge < -0.3 is 5.32 Å². The number of anilines is 1. The normalized spacial score (nSPS) is 11.2. The Morgan fingerprint density at radius 2 is 1.51 bits per heavy atom. The van der Waals surface area contributed by atoms with E-state index >= 15 is 0 Å². The number of amides is 1. The standard InChI is InChI=1S/C24H15ClN4O4S4/c25-14-3-1-13(2-4-14)19(30)11-34-23-27-17-7-5-15(9-20(17)36-23)26-22(31)12-35-24-28-18-8-6-16(29(32)33)10-21(18)37-24/h1-10H,11-12H2,(H,26,31). The van der Waals surface area contributed by atoms with Crippen LogP contribution < -0.4 is 5.32 Å². The number of rotatable bonds is 9. The van der Waals surface area contributed by atoms with E-state index in [1.165, 1.54) is 58.3 Å². The molecular formula is C24H15ClN4O4S4. The summed E-state index contributed by atoms with van der Waals surface area (Å²) in [5.74, 6) is 0.220. The molecule has 0 radical (unpaired) electrons. The van der Waals surface area contributed by atoms with Crippen molar-refractivity contribution in [3.05, 3.63) is 81.4 Å². The van der Waals surface area contributed by atoms with Crippen molar-refractivity contribution in [2.75, 3.05) is 16.8 Å². The Hall–Kier alpha value is -3.03. The summed E-state index contributed by atoms with van der Waals surface area (Å²) in [7, 11) is 0. The second kappa shape index (κ2) is 11.2. The molecule has 0 saturated carbocycles. The molecule has 2 aromatic heterocycles. The molecule has 0 fully saturated rings. The van der Waals surface area contributed by atoms with Crippen LogP contribution in [0.5, 0.6) is 0 Å². The number of hydrogen-bond donors (Lipinski definition) is 1. The van der Waals surface area contributed by atoms with Gasteiger partial charge in [0.05, 0.1) is 36.9 Å². The minimum Gasteiger partial charge on any atom is -0.325 e. The van der Waals surface area contributed by atoms with Crippen molar-refractivity contribution in [1.29, 1.82) is 0 Å². The lowest BCUT2D eigenvalue weighted by Gasteiger charge is -2.03. The highest BCUT2D eigenvalue weighted by Gasteiger charge is 2.14. The van der Waals surface area contributed by atoms with Crippen LogP contribution >= 0.6 is 57.8 Å². The topological polar surface area (TPSA) is 115 Å². The van der Waals surface area contributed by atoms with Crippen molar-refractivity contribution in [1.82, 2.24) is 9.97 Å². The molecular weight excluding hydrogens is 572 g/mol. The quantitative estimate of drug-likeness (QED) is 0.0836. The van der Waals surface area contributed by atoms with Gasteiger partial charge >= 0.3 is 0 Å². The lowest BCUT2D eigenvalue weighted by atomic mass is 10.1. The van der Waals surface area contributed by atoms with Gasteiger partial charge in [0.1, 0.15) is 0 Å². The summed E-state index contributed by atoms with van der Waals surface area (Å²) in [5, 5.41) is 14.4. The molecule has 0 aliphatic rings. The summed E-state index contributed by atoms with van der Waals surface area (Å²) in [4.78, 5) is 44.4. The van der Waals surface area contributed by atoms with E-state index in [1.54, 1.807) is 36.4 Å². The monoisotopic (exact) mass is 586 g/mol. The Morgan fingerprint density at radius 1 is 0.892 bits per heavy atom. The lowest BCUT2D eigenvalue weighted by Crippen LogP contribution is -2.13. The fourth-order valence-electron chi connectivity index (χ4n) is 3.28. The Kier molecular flexibility index (Phi) is 7.72. The van der Waals surface area contributed by atoms with Crippen LogP contribution in [0.1, 0.15) is 10.4 Å². The fraction of sp³-hybridized carbons (Fsp3) is 0.0833. The SMILES string of the molecule is O=C(CSc1nc2ccc([N+](=O)[O-])cc2s1)Nc1ccc2nc(SCC(=O)c3ccc(Cl)cc3)sc2c1. The van der Waals surface area contributed by atoms with Crippen LogP contribution in [0.3, 0.4) is 0 Å². The number of Topliss-reactive ketones (excluding diaryl/α,β-unsaturated/α-hetero) is 1. The number of aromatic nitrogens is 2. The van der Waals surface area contributed by atoms with Gasteiger partial charge in [0, 0.05) is 28.4 Å². The summed E-state index contributed by atoms with van der Waals surface area (Å²) in [6.07, 6.45) is 0. The molecule has 37 heavy (non-hydrogen) atoms. The molecule has 0 unspecified atom stereocenters. The van der Waals surface area contributed by atoms with Crippen molar-refractivity contribution in [3.63, 3.8) is 0 Å². The first-order valence-corrected chi connectivity index (χ1v) is 14.6. The summed E-state index contributed by atoms with van der Waals surface area (Å²) in [6.45, 7) is 0. The fourth-order valence-corrected chi connectivity index (χ4v) is 7.31. The maximum absolute atomic E-state index is 12.5. The second-order valence-electron chi connectivity index (χ2n) is 7.61. The van der Waals surface area contributed by atoms with Gasteiger partial charge in [-0.15, -0.1) is 22.7 Å². The smallest absolute Gasteiger partial charge is 0.270 e. The van der Waals surface area contributed by atoms with E-state index in [1.807, 2.05) is 12.1 Å². The highest BCUT2D eigenvalue weighted by molar-refractivity contribution is 8.02. The Bertz CT molecular complexity index is 1650. The van der Waals surface area contributed by atoms with Gasteiger partial charge in [0.25, 0.3) is 5.69 Å². The number of nitrogens with one attached hydrogen (secondary N) is 1. The van der Waals surface area contributed by atoms with Crippen molar-refractivity contribution >= 4 is 101 Å². The number of carbonyl (C=O) groups excluding carboxylic acids is 2. The molecule has 1 amide bonds. The van der Waals surface area contributed by atoms with Gasteiger partial charge in [0.2, 0.25) is 5.91 Å². The molecule has 0 saturated heterocycles. The first kappa shape index (κ1) is 25.6. The molecule has 186 valence electrons. The maximum Gasteiger partial charge on any atom is 0.270 e. The summed E-state index contributed by atoms with van der Waals surface area (Å²) in [5.41, 5.74) is 2.72. The van der Waals surface area contributed by atoms with E-state index < -0.39 is 4.92 Å². The third-order valence-corrected chi connectivity index (χ3v) is 9.61. The molecule has 0 bridgehead atoms. The van der Waals surface area contributed by atoms with Gasteiger partial charge in [-0.3, -0.25) is 19.7 Å². The van der Waals surface area contributed by atoms with Crippen LogP contribution in [0.2, 0.25) is 5.02 Å². The van der Waals surface area contributed by atoms with Crippen molar-refractivity contribution < 1.29 is 14.5 Å². The van der Waals surface area contributed by atoms with E-state index in [0.29, 0.717) is 30.8 Å². The molecule has 0 spiro atoms. The number of ketones is 1. The van der Waals surface area contributed by atoms with E-state index in [-0.39, 0.29) is 28.9 Å². The van der Waals surface area contributed by atoms with Gasteiger partial charge in [-0.2, -0.15) is 0 Å². The number of benzene rings is 3. The van der Waals surface area contributed by atoms with Crippen LogP contribution in [0.25, 0.3) is 20.4 Å². The first-order chi connectivity index (χ1) is 17.8. The number of carbonyl (C=O) groups is 2. The highest BCUT2D eigenvalue weighted by Crippen LogP contribution is 2.33. The molecule has 3 aromatic carbocycles. The minimum absolute atomic E-state index is 0.00211. The maximum atomic E-state index is 12.5. The Labute approximate surface area is 231 Å². The average Bonchev–Trinajstić information content (AvgIpc) is 3.49. The minimum atomic E-state index is -0.443. The molecule has 0 aliphatic carbocycles.